The lowest BCUT2D eigenvalue weighted by atomic mass is 9.63. The molecule has 18 heavy (non-hydrogen) atoms. The lowest BCUT2D eigenvalue weighted by Gasteiger charge is -2.45. The second kappa shape index (κ2) is 5.57. The molecule has 0 aromatic rings. The molecule has 0 spiro atoms. The first-order valence-electron chi connectivity index (χ1n) is 6.70. The maximum atomic E-state index is 11.9. The minimum absolute atomic E-state index is 0.102. The molecule has 0 radical (unpaired) electrons. The van der Waals surface area contributed by atoms with Crippen LogP contribution in [-0.2, 0) is 9.53 Å². The Kier molecular flexibility index (Phi) is 4.78. The summed E-state index contributed by atoms with van der Waals surface area (Å²) in [5.41, 5.74) is 6.28. The molecule has 3 N–H and O–H groups in total. The number of nitrogens with one attached hydrogen (secondary N) is 1. The maximum absolute atomic E-state index is 11.9. The van der Waals surface area contributed by atoms with E-state index < -0.39 is 6.04 Å². The first-order valence-corrected chi connectivity index (χ1v) is 6.70. The minimum Gasteiger partial charge on any atom is -0.383 e. The van der Waals surface area contributed by atoms with Gasteiger partial charge >= 0.3 is 0 Å². The molecule has 0 aromatic carbocycles. The number of nitrogens with two attached hydrogens (primary N) is 1. The van der Waals surface area contributed by atoms with Gasteiger partial charge in [-0.15, -0.1) is 0 Å². The van der Waals surface area contributed by atoms with Gasteiger partial charge in [0, 0.05) is 13.2 Å². The normalized spacial score (nSPS) is 24.6. The van der Waals surface area contributed by atoms with Gasteiger partial charge in [0.25, 0.3) is 0 Å². The van der Waals surface area contributed by atoms with Crippen LogP contribution in [0.4, 0.5) is 0 Å². The summed E-state index contributed by atoms with van der Waals surface area (Å²) in [6.45, 7) is 9.33. The van der Waals surface area contributed by atoms with Crippen LogP contribution in [0.1, 0.15) is 47.0 Å². The Morgan fingerprint density at radius 3 is 2.28 bits per heavy atom. The SMILES string of the molecule is COCC(N)C(=O)NC1CC(C)(C)CC(C)(C)C1. The van der Waals surface area contributed by atoms with Crippen LogP contribution in [0, 0.1) is 10.8 Å². The highest BCUT2D eigenvalue weighted by molar-refractivity contribution is 5.81. The van der Waals surface area contributed by atoms with Crippen molar-refractivity contribution in [3.05, 3.63) is 0 Å². The molecule has 0 bridgehead atoms. The summed E-state index contributed by atoms with van der Waals surface area (Å²) < 4.78 is 4.91. The molecule has 1 unspecified atom stereocenters. The molecule has 1 aliphatic rings. The molecule has 1 fully saturated rings. The standard InChI is InChI=1S/C14H28N2O2/c1-13(2)6-10(7-14(3,4)9-13)16-12(17)11(15)8-18-5/h10-11H,6-9,15H2,1-5H3,(H,16,17). The molecule has 1 aliphatic carbocycles. The van der Waals surface area contributed by atoms with Crippen LogP contribution in [-0.4, -0.2) is 31.7 Å². The van der Waals surface area contributed by atoms with E-state index in [2.05, 4.69) is 33.0 Å². The Balaban J connectivity index is 2.59. The second-order valence-electron chi connectivity index (χ2n) is 7.18. The molecule has 0 aromatic heterocycles. The van der Waals surface area contributed by atoms with Crippen molar-refractivity contribution < 1.29 is 9.53 Å². The monoisotopic (exact) mass is 256 g/mol. The fraction of sp³-hybridized carbons (Fsp3) is 0.929. The van der Waals surface area contributed by atoms with Crippen LogP contribution in [0.15, 0.2) is 0 Å². The zero-order chi connectivity index (χ0) is 14.0. The number of carbonyl (C=O) groups excluding carboxylic acids is 1. The summed E-state index contributed by atoms with van der Waals surface area (Å²) in [6.07, 6.45) is 3.22. The summed E-state index contributed by atoms with van der Waals surface area (Å²) in [5.74, 6) is -0.102. The van der Waals surface area contributed by atoms with Gasteiger partial charge in [-0.25, -0.2) is 0 Å². The van der Waals surface area contributed by atoms with Gasteiger partial charge in [0.1, 0.15) is 6.04 Å². The average molecular weight is 256 g/mol. The van der Waals surface area contributed by atoms with Crippen LogP contribution < -0.4 is 11.1 Å². The van der Waals surface area contributed by atoms with Gasteiger partial charge in [-0.1, -0.05) is 27.7 Å². The summed E-state index contributed by atoms with van der Waals surface area (Å²) in [4.78, 5) is 11.9. The van der Waals surface area contributed by atoms with Gasteiger partial charge < -0.3 is 15.8 Å². The molecule has 1 rings (SSSR count). The number of hydrogen-bond donors (Lipinski definition) is 2. The molecule has 0 saturated heterocycles. The Labute approximate surface area is 111 Å². The van der Waals surface area contributed by atoms with E-state index in [0.29, 0.717) is 0 Å². The van der Waals surface area contributed by atoms with Crippen molar-refractivity contribution in [3.63, 3.8) is 0 Å². The van der Waals surface area contributed by atoms with Gasteiger partial charge in [-0.05, 0) is 30.1 Å². The number of rotatable bonds is 4. The Hall–Kier alpha value is -0.610. The molecule has 1 atom stereocenters. The lowest BCUT2D eigenvalue weighted by molar-refractivity contribution is -0.125. The van der Waals surface area contributed by atoms with Crippen molar-refractivity contribution in [1.82, 2.24) is 5.32 Å². The number of carbonyl (C=O) groups is 1. The topological polar surface area (TPSA) is 64.3 Å². The molecular formula is C14H28N2O2. The highest BCUT2D eigenvalue weighted by Gasteiger charge is 2.39. The van der Waals surface area contributed by atoms with Crippen LogP contribution in [0.25, 0.3) is 0 Å². The quantitative estimate of drug-likeness (QED) is 0.804. The van der Waals surface area contributed by atoms with Crippen molar-refractivity contribution in [2.75, 3.05) is 13.7 Å². The third kappa shape index (κ3) is 4.58. The first-order chi connectivity index (χ1) is 8.15. The Bertz CT molecular complexity index is 284. The van der Waals surface area contributed by atoms with E-state index in [9.17, 15) is 4.79 Å². The van der Waals surface area contributed by atoms with E-state index >= 15 is 0 Å². The van der Waals surface area contributed by atoms with E-state index in [1.165, 1.54) is 6.42 Å². The van der Waals surface area contributed by atoms with Crippen molar-refractivity contribution in [3.8, 4) is 0 Å². The third-order valence-electron chi connectivity index (χ3n) is 3.58. The summed E-state index contributed by atoms with van der Waals surface area (Å²) in [5, 5.41) is 3.07. The van der Waals surface area contributed by atoms with Gasteiger partial charge in [0.15, 0.2) is 0 Å². The zero-order valence-corrected chi connectivity index (χ0v) is 12.4. The van der Waals surface area contributed by atoms with Crippen LogP contribution in [0.3, 0.4) is 0 Å². The smallest absolute Gasteiger partial charge is 0.239 e. The average Bonchev–Trinajstić information content (AvgIpc) is 2.12. The molecule has 106 valence electrons. The predicted octanol–water partition coefficient (Wildman–Crippen LogP) is 1.68. The summed E-state index contributed by atoms with van der Waals surface area (Å²) >= 11 is 0. The Morgan fingerprint density at radius 1 is 1.33 bits per heavy atom. The molecule has 0 heterocycles. The van der Waals surface area contributed by atoms with Gasteiger partial charge in [0.05, 0.1) is 6.61 Å². The minimum atomic E-state index is -0.567. The van der Waals surface area contributed by atoms with Gasteiger partial charge in [0.2, 0.25) is 5.91 Å². The molecule has 4 heteroatoms. The number of ether oxygens (including phenoxy) is 1. The molecule has 1 saturated carbocycles. The predicted molar refractivity (Wildman–Crippen MR) is 73.2 cm³/mol. The van der Waals surface area contributed by atoms with Crippen molar-refractivity contribution in [2.45, 2.75) is 59.0 Å². The van der Waals surface area contributed by atoms with Gasteiger partial charge in [-0.3, -0.25) is 4.79 Å². The van der Waals surface area contributed by atoms with Crippen LogP contribution >= 0.6 is 0 Å². The number of amides is 1. The number of hydrogen-bond acceptors (Lipinski definition) is 3. The molecule has 0 aliphatic heterocycles. The van der Waals surface area contributed by atoms with Crippen molar-refractivity contribution in [1.29, 1.82) is 0 Å². The highest BCUT2D eigenvalue weighted by atomic mass is 16.5. The van der Waals surface area contributed by atoms with Crippen LogP contribution in [0.5, 0.6) is 0 Å². The lowest BCUT2D eigenvalue weighted by Crippen LogP contribution is -2.51. The molecule has 1 amide bonds. The largest absolute Gasteiger partial charge is 0.383 e. The van der Waals surface area contributed by atoms with Crippen molar-refractivity contribution >= 4 is 5.91 Å². The molecular weight excluding hydrogens is 228 g/mol. The first kappa shape index (κ1) is 15.4. The third-order valence-corrected chi connectivity index (χ3v) is 3.58. The van der Waals surface area contributed by atoms with E-state index in [1.807, 2.05) is 0 Å². The van der Waals surface area contributed by atoms with E-state index in [4.69, 9.17) is 10.5 Å². The summed E-state index contributed by atoms with van der Waals surface area (Å²) in [7, 11) is 1.56. The summed E-state index contributed by atoms with van der Waals surface area (Å²) in [6, 6.07) is -0.345. The van der Waals surface area contributed by atoms with E-state index in [1.54, 1.807) is 7.11 Å². The van der Waals surface area contributed by atoms with Gasteiger partial charge in [-0.2, -0.15) is 0 Å². The fourth-order valence-corrected chi connectivity index (χ4v) is 3.51. The molecule has 4 nitrogen and oxygen atoms in total. The zero-order valence-electron chi connectivity index (χ0n) is 12.4. The second-order valence-corrected chi connectivity index (χ2v) is 7.18. The Morgan fingerprint density at radius 2 is 1.83 bits per heavy atom. The number of methoxy groups -OCH3 is 1. The van der Waals surface area contributed by atoms with Crippen LogP contribution in [0.2, 0.25) is 0 Å². The maximum Gasteiger partial charge on any atom is 0.239 e. The highest BCUT2D eigenvalue weighted by Crippen LogP contribution is 2.45. The van der Waals surface area contributed by atoms with E-state index in [-0.39, 0.29) is 29.4 Å². The van der Waals surface area contributed by atoms with Crippen molar-refractivity contribution in [2.24, 2.45) is 16.6 Å². The van der Waals surface area contributed by atoms with E-state index in [0.717, 1.165) is 12.8 Å². The fourth-order valence-electron chi connectivity index (χ4n) is 3.51.